The molecular weight excluding hydrogens is 364 g/mol. The van der Waals surface area contributed by atoms with E-state index in [-0.39, 0.29) is 17.1 Å². The number of esters is 1. The minimum absolute atomic E-state index is 0.0891. The molecule has 0 bridgehead atoms. The minimum atomic E-state index is -1.09. The molecule has 1 amide bonds. The summed E-state index contributed by atoms with van der Waals surface area (Å²) in [7, 11) is 4.26. The lowest BCUT2D eigenvalue weighted by atomic mass is 10.1. The van der Waals surface area contributed by atoms with Gasteiger partial charge in [-0.15, -0.1) is 0 Å². The molecule has 2 rings (SSSR count). The zero-order valence-electron chi connectivity index (χ0n) is 15.9. The molecule has 8 nitrogen and oxygen atoms in total. The SMILES string of the molecule is COc1ccc(C(=O)OC(C)C(=O)Nc2cccc(C#N)c2)c(OC)c1OC. The van der Waals surface area contributed by atoms with E-state index < -0.39 is 18.0 Å². The molecular formula is C20H20N2O6. The van der Waals surface area contributed by atoms with Gasteiger partial charge in [-0.25, -0.2) is 4.79 Å². The number of carbonyl (C=O) groups is 2. The number of amides is 1. The number of hydrogen-bond acceptors (Lipinski definition) is 7. The average molecular weight is 384 g/mol. The third-order valence-corrected chi connectivity index (χ3v) is 3.84. The van der Waals surface area contributed by atoms with E-state index in [1.165, 1.54) is 46.5 Å². The molecule has 146 valence electrons. The van der Waals surface area contributed by atoms with Gasteiger partial charge in [-0.05, 0) is 37.3 Å². The van der Waals surface area contributed by atoms with Gasteiger partial charge in [0, 0.05) is 5.69 Å². The zero-order valence-corrected chi connectivity index (χ0v) is 15.9. The van der Waals surface area contributed by atoms with Gasteiger partial charge in [0.25, 0.3) is 5.91 Å². The molecule has 0 radical (unpaired) electrons. The fourth-order valence-corrected chi connectivity index (χ4v) is 2.45. The molecule has 1 N–H and O–H groups in total. The van der Waals surface area contributed by atoms with Gasteiger partial charge in [0.15, 0.2) is 17.6 Å². The largest absolute Gasteiger partial charge is 0.493 e. The van der Waals surface area contributed by atoms with Gasteiger partial charge in [0.05, 0.1) is 33.0 Å². The maximum absolute atomic E-state index is 12.5. The lowest BCUT2D eigenvalue weighted by Crippen LogP contribution is -2.30. The zero-order chi connectivity index (χ0) is 20.7. The number of nitrogens with zero attached hydrogens (tertiary/aromatic N) is 1. The Kier molecular flexibility index (Phi) is 6.82. The van der Waals surface area contributed by atoms with Crippen LogP contribution in [0.1, 0.15) is 22.8 Å². The molecule has 0 aromatic heterocycles. The smallest absolute Gasteiger partial charge is 0.342 e. The van der Waals surface area contributed by atoms with Crippen molar-refractivity contribution in [3.63, 3.8) is 0 Å². The quantitative estimate of drug-likeness (QED) is 0.732. The monoisotopic (exact) mass is 384 g/mol. The predicted octanol–water partition coefficient (Wildman–Crippen LogP) is 2.77. The van der Waals surface area contributed by atoms with Crippen LogP contribution >= 0.6 is 0 Å². The Balaban J connectivity index is 2.15. The second-order valence-corrected chi connectivity index (χ2v) is 5.61. The number of ether oxygens (including phenoxy) is 4. The standard InChI is InChI=1S/C20H20N2O6/c1-12(19(23)22-14-7-5-6-13(10-14)11-21)28-20(24)15-8-9-16(25-2)18(27-4)17(15)26-3/h5-10,12H,1-4H3,(H,22,23). The molecule has 0 fully saturated rings. The topological polar surface area (TPSA) is 107 Å². The lowest BCUT2D eigenvalue weighted by molar-refractivity contribution is -0.123. The van der Waals surface area contributed by atoms with Gasteiger partial charge >= 0.3 is 5.97 Å². The number of anilines is 1. The normalized spacial score (nSPS) is 11.0. The first-order valence-corrected chi connectivity index (χ1v) is 8.26. The molecule has 0 aliphatic rings. The highest BCUT2D eigenvalue weighted by molar-refractivity contribution is 5.99. The number of hydrogen-bond donors (Lipinski definition) is 1. The summed E-state index contributed by atoms with van der Waals surface area (Å²) < 4.78 is 20.9. The maximum atomic E-state index is 12.5. The number of methoxy groups -OCH3 is 3. The fraction of sp³-hybridized carbons (Fsp3) is 0.250. The van der Waals surface area contributed by atoms with E-state index in [0.29, 0.717) is 17.0 Å². The van der Waals surface area contributed by atoms with E-state index in [9.17, 15) is 9.59 Å². The summed E-state index contributed by atoms with van der Waals surface area (Å²) in [6.07, 6.45) is -1.09. The van der Waals surface area contributed by atoms with Crippen molar-refractivity contribution in [1.29, 1.82) is 5.26 Å². The van der Waals surface area contributed by atoms with E-state index in [0.717, 1.165) is 0 Å². The number of rotatable bonds is 7. The van der Waals surface area contributed by atoms with E-state index in [4.69, 9.17) is 24.2 Å². The molecule has 8 heteroatoms. The molecule has 2 aromatic rings. The molecule has 0 saturated carbocycles. The fourth-order valence-electron chi connectivity index (χ4n) is 2.45. The first-order chi connectivity index (χ1) is 13.4. The Morgan fingerprint density at radius 1 is 1.04 bits per heavy atom. The summed E-state index contributed by atoms with van der Waals surface area (Å²) in [6, 6.07) is 11.4. The lowest BCUT2D eigenvalue weighted by Gasteiger charge is -2.17. The van der Waals surface area contributed by atoms with Crippen molar-refractivity contribution < 1.29 is 28.5 Å². The van der Waals surface area contributed by atoms with Gasteiger partial charge in [0.2, 0.25) is 5.75 Å². The minimum Gasteiger partial charge on any atom is -0.493 e. The highest BCUT2D eigenvalue weighted by Crippen LogP contribution is 2.40. The van der Waals surface area contributed by atoms with Crippen molar-refractivity contribution in [3.8, 4) is 23.3 Å². The van der Waals surface area contributed by atoms with Gasteiger partial charge < -0.3 is 24.3 Å². The summed E-state index contributed by atoms with van der Waals surface area (Å²) in [4.78, 5) is 24.8. The van der Waals surface area contributed by atoms with Crippen molar-refractivity contribution in [2.24, 2.45) is 0 Å². The van der Waals surface area contributed by atoms with Crippen LogP contribution in [-0.2, 0) is 9.53 Å². The first-order valence-electron chi connectivity index (χ1n) is 8.26. The molecule has 0 saturated heterocycles. The van der Waals surface area contributed by atoms with Crippen LogP contribution in [0.2, 0.25) is 0 Å². The highest BCUT2D eigenvalue weighted by atomic mass is 16.6. The highest BCUT2D eigenvalue weighted by Gasteiger charge is 2.25. The molecule has 0 spiro atoms. The Morgan fingerprint density at radius 3 is 2.36 bits per heavy atom. The van der Waals surface area contributed by atoms with Crippen molar-refractivity contribution in [3.05, 3.63) is 47.5 Å². The van der Waals surface area contributed by atoms with Gasteiger partial charge in [-0.2, -0.15) is 5.26 Å². The number of benzene rings is 2. The van der Waals surface area contributed by atoms with Crippen LogP contribution in [0.3, 0.4) is 0 Å². The molecule has 28 heavy (non-hydrogen) atoms. The number of carbonyl (C=O) groups excluding carboxylic acids is 2. The predicted molar refractivity (Wildman–Crippen MR) is 101 cm³/mol. The van der Waals surface area contributed by atoms with Gasteiger partial charge in [0.1, 0.15) is 5.56 Å². The van der Waals surface area contributed by atoms with Gasteiger partial charge in [-0.1, -0.05) is 6.07 Å². The molecule has 0 heterocycles. The van der Waals surface area contributed by atoms with E-state index in [2.05, 4.69) is 5.32 Å². The summed E-state index contributed by atoms with van der Waals surface area (Å²) in [6.45, 7) is 1.44. The van der Waals surface area contributed by atoms with Crippen LogP contribution in [-0.4, -0.2) is 39.3 Å². The molecule has 2 aromatic carbocycles. The molecule has 1 atom stereocenters. The number of nitrogens with one attached hydrogen (secondary N) is 1. The van der Waals surface area contributed by atoms with Crippen molar-refractivity contribution >= 4 is 17.6 Å². The Labute approximate surface area is 162 Å². The van der Waals surface area contributed by atoms with Crippen molar-refractivity contribution in [2.45, 2.75) is 13.0 Å². The molecule has 0 aliphatic heterocycles. The molecule has 1 unspecified atom stereocenters. The van der Waals surface area contributed by atoms with Crippen LogP contribution in [0.4, 0.5) is 5.69 Å². The van der Waals surface area contributed by atoms with E-state index in [1.54, 1.807) is 18.2 Å². The third-order valence-electron chi connectivity index (χ3n) is 3.84. The second-order valence-electron chi connectivity index (χ2n) is 5.61. The van der Waals surface area contributed by atoms with E-state index >= 15 is 0 Å². The summed E-state index contributed by atoms with van der Waals surface area (Å²) in [5.74, 6) is -0.528. The summed E-state index contributed by atoms with van der Waals surface area (Å²) in [5, 5.41) is 11.5. The summed E-state index contributed by atoms with van der Waals surface area (Å²) in [5.41, 5.74) is 0.916. The van der Waals surface area contributed by atoms with Crippen LogP contribution in [0.5, 0.6) is 17.2 Å². The Bertz CT molecular complexity index is 919. The van der Waals surface area contributed by atoms with E-state index in [1.807, 2.05) is 6.07 Å². The Hall–Kier alpha value is -3.73. The van der Waals surface area contributed by atoms with Crippen LogP contribution in [0.15, 0.2) is 36.4 Å². The average Bonchev–Trinajstić information content (AvgIpc) is 2.72. The van der Waals surface area contributed by atoms with Crippen LogP contribution in [0.25, 0.3) is 0 Å². The third kappa shape index (κ3) is 4.51. The molecule has 0 aliphatic carbocycles. The van der Waals surface area contributed by atoms with Crippen molar-refractivity contribution in [2.75, 3.05) is 26.6 Å². The summed E-state index contributed by atoms with van der Waals surface area (Å²) >= 11 is 0. The maximum Gasteiger partial charge on any atom is 0.342 e. The second kappa shape index (κ2) is 9.28. The van der Waals surface area contributed by atoms with Crippen molar-refractivity contribution in [1.82, 2.24) is 0 Å². The first kappa shape index (κ1) is 20.6. The van der Waals surface area contributed by atoms with Gasteiger partial charge in [-0.3, -0.25) is 4.79 Å². The Morgan fingerprint density at radius 2 is 1.75 bits per heavy atom. The number of nitriles is 1. The van der Waals surface area contributed by atoms with Crippen LogP contribution in [0, 0.1) is 11.3 Å². The van der Waals surface area contributed by atoms with Crippen LogP contribution < -0.4 is 19.5 Å².